The van der Waals surface area contributed by atoms with Crippen molar-refractivity contribution >= 4 is 5.91 Å². The molecule has 0 aliphatic heterocycles. The Morgan fingerprint density at radius 1 is 1.39 bits per heavy atom. The highest BCUT2D eigenvalue weighted by Crippen LogP contribution is 2.44. The number of nitrogens with one attached hydrogen (secondary N) is 1. The fourth-order valence-corrected chi connectivity index (χ4v) is 2.07. The number of benzene rings is 1. The Balaban J connectivity index is 1.92. The van der Waals surface area contributed by atoms with Crippen molar-refractivity contribution in [2.45, 2.75) is 25.3 Å². The largest absolute Gasteiger partial charge is 0.394 e. The number of hydrogen-bond acceptors (Lipinski definition) is 3. The summed E-state index contributed by atoms with van der Waals surface area (Å²) < 4.78 is 0. The zero-order valence-corrected chi connectivity index (χ0v) is 10.4. The third kappa shape index (κ3) is 2.89. The Morgan fingerprint density at radius 2 is 2.06 bits per heavy atom. The molecule has 2 rings (SSSR count). The van der Waals surface area contributed by atoms with E-state index in [2.05, 4.69) is 5.32 Å². The first-order chi connectivity index (χ1) is 8.70. The van der Waals surface area contributed by atoms with Gasteiger partial charge < -0.3 is 16.2 Å². The zero-order chi connectivity index (χ0) is 13.0. The van der Waals surface area contributed by atoms with Gasteiger partial charge in [0.05, 0.1) is 18.1 Å². The first kappa shape index (κ1) is 13.1. The lowest BCUT2D eigenvalue weighted by Gasteiger charge is -2.20. The molecular formula is C14H20N2O2. The van der Waals surface area contributed by atoms with Gasteiger partial charge in [0.15, 0.2) is 0 Å². The second kappa shape index (κ2) is 5.50. The molecular weight excluding hydrogens is 228 g/mol. The second-order valence-electron chi connectivity index (χ2n) is 5.03. The molecule has 1 aromatic carbocycles. The Bertz CT molecular complexity index is 402. The Labute approximate surface area is 107 Å². The number of hydrogen-bond donors (Lipinski definition) is 3. The van der Waals surface area contributed by atoms with E-state index in [-0.39, 0.29) is 24.0 Å². The molecule has 1 atom stereocenters. The second-order valence-corrected chi connectivity index (χ2v) is 5.03. The van der Waals surface area contributed by atoms with Crippen molar-refractivity contribution < 1.29 is 9.90 Å². The van der Waals surface area contributed by atoms with E-state index in [4.69, 9.17) is 5.73 Å². The van der Waals surface area contributed by atoms with Crippen molar-refractivity contribution in [3.05, 3.63) is 35.9 Å². The third-order valence-electron chi connectivity index (χ3n) is 3.61. The molecule has 4 heteroatoms. The van der Waals surface area contributed by atoms with Gasteiger partial charge in [0.1, 0.15) is 0 Å². The lowest BCUT2D eigenvalue weighted by Crippen LogP contribution is -2.45. The van der Waals surface area contributed by atoms with Gasteiger partial charge in [-0.2, -0.15) is 0 Å². The van der Waals surface area contributed by atoms with Crippen LogP contribution in [0.4, 0.5) is 0 Å². The van der Waals surface area contributed by atoms with Gasteiger partial charge in [-0.1, -0.05) is 30.3 Å². The number of amides is 1. The van der Waals surface area contributed by atoms with E-state index in [0.29, 0.717) is 13.0 Å². The smallest absolute Gasteiger partial charge is 0.227 e. The van der Waals surface area contributed by atoms with Crippen molar-refractivity contribution in [1.82, 2.24) is 5.32 Å². The summed E-state index contributed by atoms with van der Waals surface area (Å²) in [5.74, 6) is -0.0139. The number of aliphatic hydroxyl groups is 1. The highest BCUT2D eigenvalue weighted by Gasteiger charge is 2.48. The average molecular weight is 248 g/mol. The van der Waals surface area contributed by atoms with E-state index < -0.39 is 0 Å². The molecule has 0 saturated heterocycles. The van der Waals surface area contributed by atoms with Gasteiger partial charge in [0.2, 0.25) is 5.91 Å². The van der Waals surface area contributed by atoms with Crippen LogP contribution in [0, 0.1) is 5.41 Å². The van der Waals surface area contributed by atoms with Crippen molar-refractivity contribution in [3.8, 4) is 0 Å². The summed E-state index contributed by atoms with van der Waals surface area (Å²) >= 11 is 0. The van der Waals surface area contributed by atoms with Gasteiger partial charge in [0, 0.05) is 6.54 Å². The summed E-state index contributed by atoms with van der Waals surface area (Å²) in [7, 11) is 0. The summed E-state index contributed by atoms with van der Waals surface area (Å²) in [5, 5.41) is 12.2. The van der Waals surface area contributed by atoms with Crippen LogP contribution in [-0.2, 0) is 11.2 Å². The van der Waals surface area contributed by atoms with E-state index in [0.717, 1.165) is 18.4 Å². The van der Waals surface area contributed by atoms with Crippen molar-refractivity contribution in [3.63, 3.8) is 0 Å². The maximum absolute atomic E-state index is 12.0. The number of carbonyl (C=O) groups is 1. The molecule has 1 aromatic rings. The molecule has 1 fully saturated rings. The minimum Gasteiger partial charge on any atom is -0.394 e. The van der Waals surface area contributed by atoms with Gasteiger partial charge in [-0.25, -0.2) is 0 Å². The molecule has 98 valence electrons. The van der Waals surface area contributed by atoms with Crippen LogP contribution in [0.5, 0.6) is 0 Å². The number of rotatable bonds is 6. The molecule has 0 aromatic heterocycles. The molecule has 1 saturated carbocycles. The van der Waals surface area contributed by atoms with E-state index in [9.17, 15) is 9.90 Å². The molecule has 1 amide bonds. The fraction of sp³-hybridized carbons (Fsp3) is 0.500. The Morgan fingerprint density at radius 3 is 2.56 bits per heavy atom. The van der Waals surface area contributed by atoms with E-state index in [1.165, 1.54) is 0 Å². The summed E-state index contributed by atoms with van der Waals surface area (Å²) in [6.45, 7) is 0.337. The van der Waals surface area contributed by atoms with Crippen LogP contribution in [-0.4, -0.2) is 30.2 Å². The van der Waals surface area contributed by atoms with Crippen LogP contribution < -0.4 is 11.1 Å². The third-order valence-corrected chi connectivity index (χ3v) is 3.61. The van der Waals surface area contributed by atoms with Gasteiger partial charge in [-0.3, -0.25) is 4.79 Å². The molecule has 4 N–H and O–H groups in total. The van der Waals surface area contributed by atoms with Crippen molar-refractivity contribution in [2.75, 3.05) is 13.2 Å². The quantitative estimate of drug-likeness (QED) is 0.684. The lowest BCUT2D eigenvalue weighted by atomic mass is 10.0. The predicted octanol–water partition coefficient (Wildman–Crippen LogP) is 0.445. The van der Waals surface area contributed by atoms with Gasteiger partial charge in [-0.05, 0) is 24.8 Å². The van der Waals surface area contributed by atoms with Crippen LogP contribution in [0.25, 0.3) is 0 Å². The molecule has 1 aliphatic rings. The fourth-order valence-electron chi connectivity index (χ4n) is 2.07. The number of nitrogens with two attached hydrogens (primary N) is 1. The maximum Gasteiger partial charge on any atom is 0.227 e. The van der Waals surface area contributed by atoms with E-state index in [1.54, 1.807) is 0 Å². The zero-order valence-electron chi connectivity index (χ0n) is 10.4. The van der Waals surface area contributed by atoms with Gasteiger partial charge in [0.25, 0.3) is 0 Å². The van der Waals surface area contributed by atoms with Crippen LogP contribution in [0.1, 0.15) is 18.4 Å². The maximum atomic E-state index is 12.0. The molecule has 0 spiro atoms. The molecule has 18 heavy (non-hydrogen) atoms. The number of carbonyl (C=O) groups excluding carboxylic acids is 1. The summed E-state index contributed by atoms with van der Waals surface area (Å²) in [6.07, 6.45) is 2.36. The van der Waals surface area contributed by atoms with Gasteiger partial charge >= 0.3 is 0 Å². The van der Waals surface area contributed by atoms with Crippen LogP contribution in [0.2, 0.25) is 0 Å². The lowest BCUT2D eigenvalue weighted by molar-refractivity contribution is -0.127. The van der Waals surface area contributed by atoms with E-state index in [1.807, 2.05) is 30.3 Å². The first-order valence-corrected chi connectivity index (χ1v) is 6.36. The Hall–Kier alpha value is -1.39. The predicted molar refractivity (Wildman–Crippen MR) is 69.9 cm³/mol. The topological polar surface area (TPSA) is 75.4 Å². The molecule has 0 bridgehead atoms. The Kier molecular flexibility index (Phi) is 3.99. The minimum absolute atomic E-state index is 0.0139. The van der Waals surface area contributed by atoms with Crippen LogP contribution in [0.15, 0.2) is 30.3 Å². The van der Waals surface area contributed by atoms with E-state index >= 15 is 0 Å². The summed E-state index contributed by atoms with van der Waals surface area (Å²) in [5.41, 5.74) is 6.37. The molecule has 1 aliphatic carbocycles. The average Bonchev–Trinajstić information content (AvgIpc) is 3.20. The number of aliphatic hydroxyl groups excluding tert-OH is 1. The minimum atomic E-state index is -0.357. The summed E-state index contributed by atoms with van der Waals surface area (Å²) in [4.78, 5) is 12.0. The van der Waals surface area contributed by atoms with Crippen molar-refractivity contribution in [1.29, 1.82) is 0 Å². The monoisotopic (exact) mass is 248 g/mol. The first-order valence-electron chi connectivity index (χ1n) is 6.36. The normalized spacial score (nSPS) is 18.1. The molecule has 0 radical (unpaired) electrons. The molecule has 4 nitrogen and oxygen atoms in total. The van der Waals surface area contributed by atoms with Crippen LogP contribution >= 0.6 is 0 Å². The highest BCUT2D eigenvalue weighted by atomic mass is 16.3. The SMILES string of the molecule is NCC1(C(=O)NC(CO)Cc2ccccc2)CC1. The molecule has 1 unspecified atom stereocenters. The standard InChI is InChI=1S/C14H20N2O2/c15-10-14(6-7-14)13(18)16-12(9-17)8-11-4-2-1-3-5-11/h1-5,12,17H,6-10,15H2,(H,16,18). The summed E-state index contributed by atoms with van der Waals surface area (Å²) in [6, 6.07) is 9.60. The van der Waals surface area contributed by atoms with Crippen molar-refractivity contribution in [2.24, 2.45) is 11.1 Å². The van der Waals surface area contributed by atoms with Gasteiger partial charge in [-0.15, -0.1) is 0 Å². The highest BCUT2D eigenvalue weighted by molar-refractivity contribution is 5.85. The molecule has 0 heterocycles. The van der Waals surface area contributed by atoms with Crippen LogP contribution in [0.3, 0.4) is 0 Å².